The number of rotatable bonds is 14. The number of carbonyl (C=O) groups is 3. The Labute approximate surface area is 344 Å². The SMILES string of the molecule is COc1ccc([Si](C)(C)[C@@H]2[C@@H](CC(=O)N(CCO)Cc3ccccc3)O[C@]3(C(=O)N(Cc4cccc(N(C=O)c5ccccc5)c4)c4ccc(Br)cc43)[C@H]2C)cc1. The van der Waals surface area contributed by atoms with Gasteiger partial charge in [0, 0.05) is 40.4 Å². The van der Waals surface area contributed by atoms with Gasteiger partial charge in [0.05, 0.1) is 46.5 Å². The predicted octanol–water partition coefficient (Wildman–Crippen LogP) is 7.93. The molecule has 5 aromatic carbocycles. The summed E-state index contributed by atoms with van der Waals surface area (Å²) in [6.45, 7) is 7.30. The van der Waals surface area contributed by atoms with Gasteiger partial charge in [-0.3, -0.25) is 19.3 Å². The van der Waals surface area contributed by atoms with E-state index in [2.05, 4.69) is 48.1 Å². The number of benzene rings is 5. The third-order valence-corrected chi connectivity index (χ3v) is 16.6. The fourth-order valence-corrected chi connectivity index (χ4v) is 13.4. The Morgan fingerprint density at radius 2 is 1.58 bits per heavy atom. The highest BCUT2D eigenvalue weighted by Gasteiger charge is 2.66. The third kappa shape index (κ3) is 7.69. The average molecular weight is 847 g/mol. The van der Waals surface area contributed by atoms with E-state index in [1.54, 1.807) is 21.8 Å². The molecule has 1 spiro atoms. The zero-order valence-electron chi connectivity index (χ0n) is 32.7. The maximum atomic E-state index is 15.4. The van der Waals surface area contributed by atoms with Crippen LogP contribution in [0.3, 0.4) is 0 Å². The summed E-state index contributed by atoms with van der Waals surface area (Å²) in [5.74, 6) is 0.116. The lowest BCUT2D eigenvalue weighted by molar-refractivity contribution is -0.150. The zero-order valence-corrected chi connectivity index (χ0v) is 35.3. The number of carbonyl (C=O) groups excluding carboxylic acids is 3. The van der Waals surface area contributed by atoms with Crippen LogP contribution >= 0.6 is 15.9 Å². The summed E-state index contributed by atoms with van der Waals surface area (Å²) in [6, 6.07) is 40.9. The molecule has 11 heteroatoms. The topological polar surface area (TPSA) is 99.6 Å². The minimum absolute atomic E-state index is 0.0514. The van der Waals surface area contributed by atoms with Crippen LogP contribution in [0.15, 0.2) is 132 Å². The second-order valence-electron chi connectivity index (χ2n) is 15.4. The van der Waals surface area contributed by atoms with Gasteiger partial charge >= 0.3 is 0 Å². The van der Waals surface area contributed by atoms with Crippen molar-refractivity contribution in [2.24, 2.45) is 5.92 Å². The van der Waals surface area contributed by atoms with Crippen molar-refractivity contribution in [3.8, 4) is 5.75 Å². The van der Waals surface area contributed by atoms with Gasteiger partial charge in [-0.2, -0.15) is 0 Å². The van der Waals surface area contributed by atoms with Gasteiger partial charge in [-0.25, -0.2) is 0 Å². The largest absolute Gasteiger partial charge is 0.497 e. The van der Waals surface area contributed by atoms with Gasteiger partial charge < -0.3 is 24.4 Å². The van der Waals surface area contributed by atoms with E-state index in [9.17, 15) is 14.7 Å². The summed E-state index contributed by atoms with van der Waals surface area (Å²) in [5, 5.41) is 11.2. The lowest BCUT2D eigenvalue weighted by Crippen LogP contribution is -2.52. The number of nitrogens with zero attached hydrogens (tertiary/aromatic N) is 3. The van der Waals surface area contributed by atoms with E-state index in [4.69, 9.17) is 9.47 Å². The Kier molecular flexibility index (Phi) is 11.8. The average Bonchev–Trinajstić information content (AvgIpc) is 3.64. The number of hydrogen-bond donors (Lipinski definition) is 1. The van der Waals surface area contributed by atoms with E-state index in [0.29, 0.717) is 12.2 Å². The molecule has 5 aromatic rings. The first kappa shape index (κ1) is 40.1. The van der Waals surface area contributed by atoms with Gasteiger partial charge in [0.25, 0.3) is 5.91 Å². The van der Waals surface area contributed by atoms with Crippen LogP contribution in [0.4, 0.5) is 17.1 Å². The highest BCUT2D eigenvalue weighted by Crippen LogP contribution is 2.60. The molecule has 7 rings (SSSR count). The molecule has 0 radical (unpaired) electrons. The molecule has 2 heterocycles. The molecule has 2 aliphatic heterocycles. The summed E-state index contributed by atoms with van der Waals surface area (Å²) < 4.78 is 13.6. The van der Waals surface area contributed by atoms with Crippen molar-refractivity contribution in [3.05, 3.63) is 149 Å². The van der Waals surface area contributed by atoms with Gasteiger partial charge in [0.15, 0.2) is 5.60 Å². The lowest BCUT2D eigenvalue weighted by atomic mass is 9.82. The van der Waals surface area contributed by atoms with Crippen molar-refractivity contribution in [1.29, 1.82) is 0 Å². The molecule has 4 atom stereocenters. The third-order valence-electron chi connectivity index (χ3n) is 11.8. The first-order chi connectivity index (χ1) is 27.5. The minimum Gasteiger partial charge on any atom is -0.497 e. The Morgan fingerprint density at radius 3 is 2.25 bits per heavy atom. The number of hydrogen-bond acceptors (Lipinski definition) is 6. The molecule has 0 aliphatic carbocycles. The van der Waals surface area contributed by atoms with Crippen LogP contribution in [0.2, 0.25) is 18.6 Å². The summed E-state index contributed by atoms with van der Waals surface area (Å²) in [4.78, 5) is 47.2. The number of methoxy groups -OCH3 is 1. The van der Waals surface area contributed by atoms with E-state index >= 15 is 4.79 Å². The maximum absolute atomic E-state index is 15.4. The minimum atomic E-state index is -2.53. The molecule has 57 heavy (non-hydrogen) atoms. The monoisotopic (exact) mass is 845 g/mol. The fourth-order valence-electron chi connectivity index (χ4n) is 9.01. The summed E-state index contributed by atoms with van der Waals surface area (Å²) >= 11 is 3.69. The predicted molar refractivity (Wildman–Crippen MR) is 230 cm³/mol. The van der Waals surface area contributed by atoms with Gasteiger partial charge in [-0.1, -0.05) is 114 Å². The number of amides is 3. The van der Waals surface area contributed by atoms with Crippen molar-refractivity contribution in [1.82, 2.24) is 4.90 Å². The van der Waals surface area contributed by atoms with Crippen LogP contribution < -0.4 is 19.7 Å². The second-order valence-corrected chi connectivity index (χ2v) is 21.0. The molecule has 3 amide bonds. The van der Waals surface area contributed by atoms with Crippen LogP contribution in [0.5, 0.6) is 5.75 Å². The first-order valence-corrected chi connectivity index (χ1v) is 23.1. The second kappa shape index (κ2) is 16.8. The molecule has 1 N–H and O–H groups in total. The number of fused-ring (bicyclic) bond motifs is 2. The zero-order chi connectivity index (χ0) is 40.3. The molecule has 1 fully saturated rings. The molecular weight excluding hydrogens is 799 g/mol. The summed E-state index contributed by atoms with van der Waals surface area (Å²) in [7, 11) is -0.888. The van der Waals surface area contributed by atoms with E-state index in [1.165, 1.54) is 5.19 Å². The van der Waals surface area contributed by atoms with Crippen LogP contribution in [-0.2, 0) is 37.8 Å². The number of aliphatic hydroxyl groups excluding tert-OH is 1. The van der Waals surface area contributed by atoms with Crippen LogP contribution in [0, 0.1) is 5.92 Å². The molecule has 9 nitrogen and oxygen atoms in total. The number of aliphatic hydroxyl groups is 1. The van der Waals surface area contributed by atoms with E-state index in [0.717, 1.165) is 44.7 Å². The molecule has 0 saturated carbocycles. The number of halogens is 1. The van der Waals surface area contributed by atoms with Crippen molar-refractivity contribution >= 4 is 64.5 Å². The fraction of sp³-hybridized carbons (Fsp3) is 0.283. The standard InChI is InChI=1S/C46H48BrN3O6Si/c1-32-44(57(3,4)39-21-19-38(55-2)20-22-39)42(28-43(53)48(24-25-51)29-33-12-7-5-8-13-33)56-46(32)40-27-35(47)18-23-41(40)49(45(46)54)30-34-14-11-17-37(26-34)50(31-52)36-15-9-6-10-16-36/h5-23,26-27,31-32,42,44,51H,24-25,28-30H2,1-4H3/t32-,42+,44-,46+/m0/s1. The van der Waals surface area contributed by atoms with Crippen molar-refractivity contribution in [2.45, 2.75) is 56.8 Å². The van der Waals surface area contributed by atoms with Gasteiger partial charge in [-0.15, -0.1) is 0 Å². The molecular formula is C46H48BrN3O6Si. The van der Waals surface area contributed by atoms with E-state index in [-0.39, 0.29) is 49.4 Å². The van der Waals surface area contributed by atoms with Gasteiger partial charge in [0.1, 0.15) is 5.75 Å². The Bertz CT molecular complexity index is 2220. The van der Waals surface area contributed by atoms with Gasteiger partial charge in [0.2, 0.25) is 12.3 Å². The summed E-state index contributed by atoms with van der Waals surface area (Å²) in [5.41, 5.74) is 3.21. The molecule has 2 aliphatic rings. The molecule has 1 saturated heterocycles. The van der Waals surface area contributed by atoms with E-state index in [1.807, 2.05) is 115 Å². The number of ether oxygens (including phenoxy) is 2. The smallest absolute Gasteiger partial charge is 0.264 e. The van der Waals surface area contributed by atoms with E-state index < -0.39 is 19.8 Å². The summed E-state index contributed by atoms with van der Waals surface area (Å²) in [6.07, 6.45) is 0.248. The van der Waals surface area contributed by atoms with Crippen LogP contribution in [0.1, 0.15) is 30.0 Å². The van der Waals surface area contributed by atoms with Crippen molar-refractivity contribution in [3.63, 3.8) is 0 Å². The first-order valence-electron chi connectivity index (χ1n) is 19.3. The highest BCUT2D eigenvalue weighted by atomic mass is 79.9. The Hall–Kier alpha value is -5.07. The molecule has 0 aromatic heterocycles. The number of para-hydroxylation sites is 1. The lowest BCUT2D eigenvalue weighted by Gasteiger charge is -2.37. The Morgan fingerprint density at radius 1 is 0.912 bits per heavy atom. The number of anilines is 3. The highest BCUT2D eigenvalue weighted by molar-refractivity contribution is 9.10. The maximum Gasteiger partial charge on any atom is 0.264 e. The van der Waals surface area contributed by atoms with Crippen molar-refractivity contribution < 1.29 is 29.0 Å². The van der Waals surface area contributed by atoms with Crippen molar-refractivity contribution in [2.75, 3.05) is 30.1 Å². The van der Waals surface area contributed by atoms with Crippen LogP contribution in [0.25, 0.3) is 0 Å². The Balaban J connectivity index is 1.28. The molecule has 0 unspecified atom stereocenters. The molecule has 0 bridgehead atoms. The van der Waals surface area contributed by atoms with Crippen LogP contribution in [-0.4, -0.2) is 62.7 Å². The van der Waals surface area contributed by atoms with Gasteiger partial charge in [-0.05, 0) is 71.3 Å². The quantitative estimate of drug-likeness (QED) is 0.0902. The normalized spacial score (nSPS) is 20.1. The molecule has 294 valence electrons.